The lowest BCUT2D eigenvalue weighted by atomic mass is 10.00. The quantitative estimate of drug-likeness (QED) is 0.178. The molecule has 0 fully saturated rings. The summed E-state index contributed by atoms with van der Waals surface area (Å²) in [7, 11) is 0. The monoisotopic (exact) mass is 681 g/mol. The Kier molecular flexibility index (Phi) is 7.50. The Hall–Kier alpha value is -7.05. The predicted octanol–water partition coefficient (Wildman–Crippen LogP) is 11.4. The zero-order valence-electron chi connectivity index (χ0n) is 28.7. The SMILES string of the molecule is c1ccc(C2=NC(c3ccccc3)NC(c3cccc(-c4cccc(N5c6c(c7ccccc7c7ncccc67)[N-]C5c5ccccc5)c4)c3)=N2)cc1. The lowest BCUT2D eigenvalue weighted by Crippen LogP contribution is -2.33. The number of rotatable bonds is 6. The summed E-state index contributed by atoms with van der Waals surface area (Å²) in [5.41, 5.74) is 10.5. The van der Waals surface area contributed by atoms with Gasteiger partial charge >= 0.3 is 0 Å². The first-order valence-electron chi connectivity index (χ1n) is 17.9. The number of fused-ring (bicyclic) bond motifs is 6. The van der Waals surface area contributed by atoms with Crippen LogP contribution in [0.15, 0.2) is 192 Å². The number of nitrogens with zero attached hydrogens (tertiary/aromatic N) is 5. The minimum atomic E-state index is -0.264. The van der Waals surface area contributed by atoms with Crippen LogP contribution in [0, 0.1) is 0 Å². The van der Waals surface area contributed by atoms with Gasteiger partial charge in [-0.15, -0.1) is 5.69 Å². The molecule has 2 aliphatic rings. The van der Waals surface area contributed by atoms with E-state index >= 15 is 0 Å². The van der Waals surface area contributed by atoms with Crippen LogP contribution in [-0.2, 0) is 0 Å². The van der Waals surface area contributed by atoms with Crippen LogP contribution in [0.5, 0.6) is 0 Å². The van der Waals surface area contributed by atoms with Crippen molar-refractivity contribution in [2.24, 2.45) is 9.98 Å². The first-order valence-corrected chi connectivity index (χ1v) is 17.9. The zero-order chi connectivity index (χ0) is 35.1. The second kappa shape index (κ2) is 12.9. The predicted molar refractivity (Wildman–Crippen MR) is 217 cm³/mol. The minimum absolute atomic E-state index is 0.242. The van der Waals surface area contributed by atoms with Crippen LogP contribution in [0.25, 0.3) is 38.1 Å². The molecule has 252 valence electrons. The van der Waals surface area contributed by atoms with Crippen LogP contribution >= 0.6 is 0 Å². The smallest absolute Gasteiger partial charge is 0.159 e. The lowest BCUT2D eigenvalue weighted by molar-refractivity contribution is 0.674. The molecule has 0 spiro atoms. The highest BCUT2D eigenvalue weighted by Crippen LogP contribution is 2.59. The number of anilines is 2. The summed E-state index contributed by atoms with van der Waals surface area (Å²) in [6.45, 7) is 0. The van der Waals surface area contributed by atoms with Crippen molar-refractivity contribution in [3.05, 3.63) is 210 Å². The van der Waals surface area contributed by atoms with Crippen LogP contribution in [0.3, 0.4) is 0 Å². The summed E-state index contributed by atoms with van der Waals surface area (Å²) in [5, 5.41) is 12.4. The highest BCUT2D eigenvalue weighted by atomic mass is 15.3. The molecule has 1 aromatic heterocycles. The van der Waals surface area contributed by atoms with E-state index in [1.54, 1.807) is 0 Å². The molecule has 0 saturated heterocycles. The van der Waals surface area contributed by atoms with Gasteiger partial charge in [-0.2, -0.15) is 0 Å². The van der Waals surface area contributed by atoms with Crippen molar-refractivity contribution in [2.75, 3.05) is 4.90 Å². The van der Waals surface area contributed by atoms with E-state index in [1.807, 2.05) is 48.7 Å². The second-order valence-electron chi connectivity index (χ2n) is 13.3. The molecule has 0 saturated carbocycles. The Bertz CT molecular complexity index is 2690. The van der Waals surface area contributed by atoms with E-state index in [0.717, 1.165) is 78.0 Å². The number of hydrogen-bond donors (Lipinski definition) is 1. The van der Waals surface area contributed by atoms with Gasteiger partial charge in [-0.1, -0.05) is 146 Å². The van der Waals surface area contributed by atoms with E-state index in [4.69, 9.17) is 20.3 Å². The summed E-state index contributed by atoms with van der Waals surface area (Å²) >= 11 is 0. The molecule has 53 heavy (non-hydrogen) atoms. The second-order valence-corrected chi connectivity index (χ2v) is 13.3. The number of hydrogen-bond acceptors (Lipinski definition) is 5. The van der Waals surface area contributed by atoms with E-state index in [-0.39, 0.29) is 12.3 Å². The molecule has 0 amide bonds. The fraction of sp³-hybridized carbons (Fsp3) is 0.0426. The van der Waals surface area contributed by atoms with E-state index in [1.165, 1.54) is 0 Å². The molecule has 8 aromatic rings. The van der Waals surface area contributed by atoms with Gasteiger partial charge in [-0.3, -0.25) is 4.98 Å². The van der Waals surface area contributed by atoms with Gasteiger partial charge in [0.2, 0.25) is 0 Å². The maximum Gasteiger partial charge on any atom is 0.159 e. The summed E-state index contributed by atoms with van der Waals surface area (Å²) in [5.74, 6) is 1.49. The number of nitrogens with one attached hydrogen (secondary N) is 1. The fourth-order valence-corrected chi connectivity index (χ4v) is 7.56. The molecule has 6 heteroatoms. The van der Waals surface area contributed by atoms with Gasteiger partial charge in [0.1, 0.15) is 12.0 Å². The molecule has 2 aliphatic heterocycles. The molecule has 0 radical (unpaired) electrons. The van der Waals surface area contributed by atoms with Crippen LogP contribution < -0.4 is 10.2 Å². The molecule has 3 heterocycles. The van der Waals surface area contributed by atoms with E-state index in [9.17, 15) is 0 Å². The highest BCUT2D eigenvalue weighted by Gasteiger charge is 2.28. The summed E-state index contributed by atoms with van der Waals surface area (Å²) in [6.07, 6.45) is 1.37. The normalized spacial score (nSPS) is 16.4. The summed E-state index contributed by atoms with van der Waals surface area (Å²) in [4.78, 5) is 17.4. The van der Waals surface area contributed by atoms with Crippen molar-refractivity contribution in [2.45, 2.75) is 12.3 Å². The average Bonchev–Trinajstić information content (AvgIpc) is 3.66. The maximum absolute atomic E-state index is 5.46. The Balaban J connectivity index is 1.08. The van der Waals surface area contributed by atoms with Gasteiger partial charge in [0.25, 0.3) is 0 Å². The molecule has 7 aromatic carbocycles. The Morgan fingerprint density at radius 1 is 0.528 bits per heavy atom. The molecular weight excluding hydrogens is 649 g/mol. The first kappa shape index (κ1) is 30.7. The van der Waals surface area contributed by atoms with Crippen molar-refractivity contribution in [3.8, 4) is 11.1 Å². The topological polar surface area (TPSA) is 67.0 Å². The maximum atomic E-state index is 5.46. The fourth-order valence-electron chi connectivity index (χ4n) is 7.56. The minimum Gasteiger partial charge on any atom is -0.659 e. The van der Waals surface area contributed by atoms with Crippen molar-refractivity contribution in [3.63, 3.8) is 0 Å². The van der Waals surface area contributed by atoms with Gasteiger partial charge < -0.3 is 15.5 Å². The van der Waals surface area contributed by atoms with E-state index in [2.05, 4.69) is 144 Å². The van der Waals surface area contributed by atoms with Crippen LogP contribution in [0.2, 0.25) is 0 Å². The van der Waals surface area contributed by atoms with E-state index in [0.29, 0.717) is 5.84 Å². The molecule has 0 aliphatic carbocycles. The molecule has 0 bridgehead atoms. The summed E-state index contributed by atoms with van der Waals surface area (Å²) < 4.78 is 0. The number of amidine groups is 2. The summed E-state index contributed by atoms with van der Waals surface area (Å²) in [6, 6.07) is 61.1. The van der Waals surface area contributed by atoms with Gasteiger partial charge in [0.15, 0.2) is 5.84 Å². The van der Waals surface area contributed by atoms with Gasteiger partial charge in [-0.05, 0) is 64.1 Å². The Morgan fingerprint density at radius 2 is 1.15 bits per heavy atom. The largest absolute Gasteiger partial charge is 0.659 e. The number of benzene rings is 7. The third-order valence-corrected chi connectivity index (χ3v) is 10.0. The van der Waals surface area contributed by atoms with Crippen molar-refractivity contribution in [1.82, 2.24) is 10.3 Å². The van der Waals surface area contributed by atoms with Crippen LogP contribution in [0.4, 0.5) is 17.1 Å². The Morgan fingerprint density at radius 3 is 1.94 bits per heavy atom. The van der Waals surface area contributed by atoms with Crippen LogP contribution in [-0.4, -0.2) is 16.7 Å². The average molecular weight is 682 g/mol. The van der Waals surface area contributed by atoms with Crippen LogP contribution in [0.1, 0.15) is 34.6 Å². The van der Waals surface area contributed by atoms with Crippen molar-refractivity contribution >= 4 is 50.4 Å². The third kappa shape index (κ3) is 5.49. The zero-order valence-corrected chi connectivity index (χ0v) is 28.7. The molecule has 1 N–H and O–H groups in total. The lowest BCUT2D eigenvalue weighted by Gasteiger charge is -2.35. The molecule has 10 rings (SSSR count). The molecule has 2 unspecified atom stereocenters. The number of aromatic nitrogens is 1. The van der Waals surface area contributed by atoms with Gasteiger partial charge in [0, 0.05) is 39.5 Å². The van der Waals surface area contributed by atoms with Crippen molar-refractivity contribution < 1.29 is 0 Å². The Labute approximate surface area is 307 Å². The highest BCUT2D eigenvalue weighted by molar-refractivity contribution is 6.22. The van der Waals surface area contributed by atoms with E-state index < -0.39 is 0 Å². The van der Waals surface area contributed by atoms with Gasteiger partial charge in [0.05, 0.1) is 5.52 Å². The van der Waals surface area contributed by atoms with Gasteiger partial charge in [-0.25, -0.2) is 9.98 Å². The first-order chi connectivity index (χ1) is 26.3. The molecule has 2 atom stereocenters. The standard InChI is InChI=1S/C47H33N6/c1-4-15-31(16-5-1)44-50-45(32-17-6-2-7-18-32)52-46(51-44)36-23-12-21-34(29-36)35-22-13-24-37(30-35)53-43-40-27-14-28-48-41(40)38-25-10-11-26-39(38)42(43)49-47(53)33-19-8-3-9-20-33/h1-30,44,47H,(H,50,51,52)/q-1. The molecule has 6 nitrogen and oxygen atoms in total. The molecular formula is C47H33N6-. The number of pyridine rings is 1. The number of aliphatic imine (C=N–C) groups is 2. The third-order valence-electron chi connectivity index (χ3n) is 10.0. The van der Waals surface area contributed by atoms with Crippen molar-refractivity contribution in [1.29, 1.82) is 0 Å².